The lowest BCUT2D eigenvalue weighted by Crippen LogP contribution is -2.52. The number of benzene rings is 2. The van der Waals surface area contributed by atoms with Gasteiger partial charge in [0.2, 0.25) is 0 Å². The molecular formula is C25H26N2O5. The first-order valence-corrected chi connectivity index (χ1v) is 10.9. The summed E-state index contributed by atoms with van der Waals surface area (Å²) in [5.41, 5.74) is 4.19. The van der Waals surface area contributed by atoms with Crippen LogP contribution in [0.25, 0.3) is 11.0 Å². The van der Waals surface area contributed by atoms with Crippen molar-refractivity contribution in [3.63, 3.8) is 0 Å². The summed E-state index contributed by atoms with van der Waals surface area (Å²) in [6, 6.07) is 13.2. The molecule has 1 aromatic heterocycles. The van der Waals surface area contributed by atoms with E-state index in [1.807, 2.05) is 44.2 Å². The third kappa shape index (κ3) is 3.84. The summed E-state index contributed by atoms with van der Waals surface area (Å²) in [5.74, 6) is 0.640. The molecular weight excluding hydrogens is 408 g/mol. The van der Waals surface area contributed by atoms with Crippen molar-refractivity contribution in [3.05, 3.63) is 69.6 Å². The van der Waals surface area contributed by atoms with Gasteiger partial charge in [0.1, 0.15) is 11.3 Å². The van der Waals surface area contributed by atoms with Crippen molar-refractivity contribution >= 4 is 22.6 Å². The first-order valence-electron chi connectivity index (χ1n) is 10.9. The number of amides is 1. The van der Waals surface area contributed by atoms with E-state index in [1.54, 1.807) is 11.0 Å². The van der Waals surface area contributed by atoms with Gasteiger partial charge in [0.05, 0.1) is 25.4 Å². The average molecular weight is 434 g/mol. The molecule has 1 amide bonds. The van der Waals surface area contributed by atoms with Crippen LogP contribution in [0.5, 0.6) is 5.75 Å². The van der Waals surface area contributed by atoms with E-state index in [1.165, 1.54) is 0 Å². The van der Waals surface area contributed by atoms with Crippen molar-refractivity contribution < 1.29 is 18.7 Å². The fourth-order valence-electron chi connectivity index (χ4n) is 4.39. The Morgan fingerprint density at radius 1 is 1.06 bits per heavy atom. The van der Waals surface area contributed by atoms with E-state index >= 15 is 0 Å². The summed E-state index contributed by atoms with van der Waals surface area (Å²) in [4.78, 5) is 29.4. The van der Waals surface area contributed by atoms with Crippen molar-refractivity contribution in [2.45, 2.75) is 26.5 Å². The van der Waals surface area contributed by atoms with Gasteiger partial charge in [0.25, 0.3) is 5.91 Å². The Morgan fingerprint density at radius 2 is 1.81 bits per heavy atom. The molecule has 0 saturated carbocycles. The van der Waals surface area contributed by atoms with Crippen LogP contribution in [0.2, 0.25) is 0 Å². The van der Waals surface area contributed by atoms with Gasteiger partial charge in [0, 0.05) is 31.1 Å². The number of para-hydroxylation sites is 2. The molecule has 1 atom stereocenters. The van der Waals surface area contributed by atoms with Crippen molar-refractivity contribution in [2.75, 3.05) is 37.7 Å². The molecule has 1 saturated heterocycles. The maximum Gasteiger partial charge on any atom is 0.336 e. The highest BCUT2D eigenvalue weighted by Crippen LogP contribution is 2.35. The number of anilines is 1. The molecule has 0 bridgehead atoms. The third-order valence-electron chi connectivity index (χ3n) is 6.27. The van der Waals surface area contributed by atoms with E-state index in [9.17, 15) is 9.59 Å². The normalized spacial score (nSPS) is 18.4. The number of hydrogen-bond acceptors (Lipinski definition) is 6. The highest BCUT2D eigenvalue weighted by molar-refractivity contribution is 5.84. The minimum atomic E-state index is -0.613. The van der Waals surface area contributed by atoms with Gasteiger partial charge in [-0.25, -0.2) is 4.79 Å². The number of fused-ring (bicyclic) bond motifs is 2. The molecule has 1 fully saturated rings. The highest BCUT2D eigenvalue weighted by Gasteiger charge is 2.34. The molecule has 7 nitrogen and oxygen atoms in total. The minimum Gasteiger partial charge on any atom is -0.477 e. The predicted molar refractivity (Wildman–Crippen MR) is 121 cm³/mol. The molecule has 0 aliphatic carbocycles. The SMILES string of the molecule is Cc1cc2oc(=O)cc(CN3C[C@H](C(=O)N4CCOCC4)Oc4ccccc43)c2cc1C. The predicted octanol–water partition coefficient (Wildman–Crippen LogP) is 3.04. The van der Waals surface area contributed by atoms with Crippen LogP contribution in [-0.4, -0.2) is 49.8 Å². The van der Waals surface area contributed by atoms with Crippen LogP contribution in [0.3, 0.4) is 0 Å². The van der Waals surface area contributed by atoms with E-state index in [4.69, 9.17) is 13.9 Å². The number of rotatable bonds is 3. The van der Waals surface area contributed by atoms with Gasteiger partial charge < -0.3 is 23.7 Å². The fourth-order valence-corrected chi connectivity index (χ4v) is 4.39. The first kappa shape index (κ1) is 20.6. The van der Waals surface area contributed by atoms with E-state index in [0.29, 0.717) is 50.7 Å². The number of hydrogen-bond donors (Lipinski definition) is 0. The van der Waals surface area contributed by atoms with Crippen molar-refractivity contribution in [2.24, 2.45) is 0 Å². The minimum absolute atomic E-state index is 0.0308. The summed E-state index contributed by atoms with van der Waals surface area (Å²) in [6.45, 7) is 7.16. The summed E-state index contributed by atoms with van der Waals surface area (Å²) in [6.07, 6.45) is -0.613. The van der Waals surface area contributed by atoms with Crippen LogP contribution in [-0.2, 0) is 16.1 Å². The maximum atomic E-state index is 13.2. The van der Waals surface area contributed by atoms with Gasteiger partial charge in [-0.3, -0.25) is 4.79 Å². The summed E-state index contributed by atoms with van der Waals surface area (Å²) >= 11 is 0. The summed E-state index contributed by atoms with van der Waals surface area (Å²) in [5, 5.41) is 0.910. The number of nitrogens with zero attached hydrogens (tertiary/aromatic N) is 2. The highest BCUT2D eigenvalue weighted by atomic mass is 16.5. The smallest absolute Gasteiger partial charge is 0.336 e. The van der Waals surface area contributed by atoms with Gasteiger partial charge in [-0.1, -0.05) is 12.1 Å². The maximum absolute atomic E-state index is 13.2. The Labute approximate surface area is 186 Å². The van der Waals surface area contributed by atoms with Gasteiger partial charge in [-0.15, -0.1) is 0 Å². The Bertz CT molecular complexity index is 1230. The van der Waals surface area contributed by atoms with Crippen molar-refractivity contribution in [1.82, 2.24) is 4.90 Å². The quantitative estimate of drug-likeness (QED) is 0.590. The van der Waals surface area contributed by atoms with Gasteiger partial charge in [-0.05, 0) is 54.8 Å². The molecule has 7 heteroatoms. The van der Waals surface area contributed by atoms with E-state index in [0.717, 1.165) is 27.8 Å². The average Bonchev–Trinajstić information content (AvgIpc) is 2.80. The zero-order valence-corrected chi connectivity index (χ0v) is 18.3. The number of morpholine rings is 1. The lowest BCUT2D eigenvalue weighted by Gasteiger charge is -2.38. The number of carbonyl (C=O) groups is 1. The Hall–Kier alpha value is -3.32. The van der Waals surface area contributed by atoms with Crippen LogP contribution in [0, 0.1) is 13.8 Å². The van der Waals surface area contributed by atoms with Crippen molar-refractivity contribution in [1.29, 1.82) is 0 Å². The van der Waals surface area contributed by atoms with Crippen LogP contribution < -0.4 is 15.3 Å². The second kappa shape index (κ2) is 8.31. The molecule has 0 unspecified atom stereocenters. The molecule has 2 aromatic carbocycles. The van der Waals surface area contributed by atoms with Gasteiger partial charge in [0.15, 0.2) is 6.10 Å². The molecule has 2 aliphatic heterocycles. The second-order valence-corrected chi connectivity index (χ2v) is 8.42. The molecule has 3 aromatic rings. The molecule has 32 heavy (non-hydrogen) atoms. The molecule has 0 N–H and O–H groups in total. The van der Waals surface area contributed by atoms with E-state index in [2.05, 4.69) is 11.0 Å². The molecule has 0 spiro atoms. The lowest BCUT2D eigenvalue weighted by molar-refractivity contribution is -0.142. The standard InChI is InChI=1S/C25H26N2O5/c1-16-11-19-18(13-24(28)32-22(19)12-17(16)2)14-27-15-23(25(29)26-7-9-30-10-8-26)31-21-6-4-3-5-20(21)27/h3-6,11-13,23H,7-10,14-15H2,1-2H3/t23-/m1/s1. The zero-order chi connectivity index (χ0) is 22.2. The summed E-state index contributed by atoms with van der Waals surface area (Å²) < 4.78 is 17.0. The third-order valence-corrected chi connectivity index (χ3v) is 6.27. The molecule has 0 radical (unpaired) electrons. The fraction of sp³-hybridized carbons (Fsp3) is 0.360. The van der Waals surface area contributed by atoms with Crippen LogP contribution in [0.4, 0.5) is 5.69 Å². The zero-order valence-electron chi connectivity index (χ0n) is 18.3. The van der Waals surface area contributed by atoms with Gasteiger partial charge in [-0.2, -0.15) is 0 Å². The molecule has 2 aliphatic rings. The van der Waals surface area contributed by atoms with Crippen molar-refractivity contribution in [3.8, 4) is 5.75 Å². The molecule has 166 valence electrons. The van der Waals surface area contributed by atoms with Crippen LogP contribution >= 0.6 is 0 Å². The Morgan fingerprint density at radius 3 is 2.62 bits per heavy atom. The number of aryl methyl sites for hydroxylation is 2. The number of carbonyl (C=O) groups excluding carboxylic acids is 1. The summed E-state index contributed by atoms with van der Waals surface area (Å²) in [7, 11) is 0. The first-order chi connectivity index (χ1) is 15.5. The molecule has 5 rings (SSSR count). The van der Waals surface area contributed by atoms with E-state index < -0.39 is 6.10 Å². The Balaban J connectivity index is 1.50. The monoisotopic (exact) mass is 434 g/mol. The van der Waals surface area contributed by atoms with Crippen LogP contribution in [0.1, 0.15) is 16.7 Å². The Kier molecular flexibility index (Phi) is 5.35. The van der Waals surface area contributed by atoms with Gasteiger partial charge >= 0.3 is 5.63 Å². The second-order valence-electron chi connectivity index (χ2n) is 8.42. The number of ether oxygens (including phenoxy) is 2. The largest absolute Gasteiger partial charge is 0.477 e. The van der Waals surface area contributed by atoms with E-state index in [-0.39, 0.29) is 11.5 Å². The van der Waals surface area contributed by atoms with Crippen LogP contribution in [0.15, 0.2) is 51.7 Å². The topological polar surface area (TPSA) is 72.2 Å². The molecule has 3 heterocycles. The lowest BCUT2D eigenvalue weighted by atomic mass is 10.0.